The Balaban J connectivity index is 1.36. The smallest absolute Gasteiger partial charge is 0.220 e. The molecule has 0 N–H and O–H groups in total. The molecule has 1 aliphatic carbocycles. The summed E-state index contributed by atoms with van der Waals surface area (Å²) in [6.45, 7) is 2.63. The van der Waals surface area contributed by atoms with E-state index in [1.807, 2.05) is 42.5 Å². The van der Waals surface area contributed by atoms with Gasteiger partial charge in [0.2, 0.25) is 5.78 Å². The molecular formula is C38H35NO2S. The van der Waals surface area contributed by atoms with Crippen LogP contribution in [0.1, 0.15) is 59.0 Å². The van der Waals surface area contributed by atoms with Gasteiger partial charge in [-0.15, -0.1) is 11.3 Å². The summed E-state index contributed by atoms with van der Waals surface area (Å²) >= 11 is 1.48. The van der Waals surface area contributed by atoms with E-state index >= 15 is 0 Å². The molecule has 4 heteroatoms. The maximum absolute atomic E-state index is 14.3. The van der Waals surface area contributed by atoms with Crippen molar-refractivity contribution in [2.75, 3.05) is 0 Å². The first kappa shape index (κ1) is 27.9. The third kappa shape index (κ3) is 6.14. The van der Waals surface area contributed by atoms with E-state index in [9.17, 15) is 4.79 Å². The summed E-state index contributed by atoms with van der Waals surface area (Å²) in [4.78, 5) is 20.0. The number of carbonyl (C=O) groups is 1. The lowest BCUT2D eigenvalue weighted by atomic mass is 10.0. The molecule has 1 aromatic heterocycles. The maximum Gasteiger partial charge on any atom is 0.220 e. The van der Waals surface area contributed by atoms with Crippen LogP contribution in [0.5, 0.6) is 5.75 Å². The minimum Gasteiger partial charge on any atom is -0.484 e. The Bertz CT molecular complexity index is 1690. The molecule has 3 nitrogen and oxygen atoms in total. The highest BCUT2D eigenvalue weighted by Crippen LogP contribution is 2.41. The number of aliphatic imine (C=N–C) groups is 1. The van der Waals surface area contributed by atoms with Crippen LogP contribution in [0.15, 0.2) is 120 Å². The minimum atomic E-state index is -0.440. The van der Waals surface area contributed by atoms with Crippen LogP contribution in [0, 0.1) is 0 Å². The van der Waals surface area contributed by atoms with Gasteiger partial charge in [0.1, 0.15) is 17.6 Å². The van der Waals surface area contributed by atoms with Crippen LogP contribution in [-0.4, -0.2) is 17.6 Å². The monoisotopic (exact) mass is 569 g/mol. The van der Waals surface area contributed by atoms with Crippen LogP contribution in [0.2, 0.25) is 0 Å². The standard InChI is InChI=1S/C38H35NO2S/c1-2-3-6-21-35(41-34-22-13-20-32-31-19-12-11-18-29(31)23-33(32)34)37(39-25-27-14-7-4-8-15-27)38(40)36-24-30(26-42-36)28-16-9-5-10-17-28/h4-5,7-20,22,24,26,35H,2-3,6,21,23,25H2,1H3. The second-order valence-corrected chi connectivity index (χ2v) is 11.7. The minimum absolute atomic E-state index is 0.0459. The van der Waals surface area contributed by atoms with Gasteiger partial charge in [-0.1, -0.05) is 117 Å². The topological polar surface area (TPSA) is 38.7 Å². The largest absolute Gasteiger partial charge is 0.484 e. The van der Waals surface area contributed by atoms with E-state index in [0.717, 1.165) is 54.5 Å². The van der Waals surface area contributed by atoms with Gasteiger partial charge in [0.25, 0.3) is 0 Å². The molecule has 0 saturated carbocycles. The van der Waals surface area contributed by atoms with Gasteiger partial charge in [0.05, 0.1) is 11.4 Å². The molecule has 5 aromatic rings. The van der Waals surface area contributed by atoms with Crippen molar-refractivity contribution < 1.29 is 9.53 Å². The molecular weight excluding hydrogens is 534 g/mol. The molecule has 210 valence electrons. The molecule has 0 radical (unpaired) electrons. The van der Waals surface area contributed by atoms with Crippen LogP contribution in [0.3, 0.4) is 0 Å². The first-order chi connectivity index (χ1) is 20.7. The van der Waals surface area contributed by atoms with Crippen LogP contribution >= 0.6 is 11.3 Å². The number of hydrogen-bond acceptors (Lipinski definition) is 4. The van der Waals surface area contributed by atoms with Crippen LogP contribution in [0.4, 0.5) is 0 Å². The van der Waals surface area contributed by atoms with Gasteiger partial charge < -0.3 is 4.74 Å². The molecule has 1 unspecified atom stereocenters. The fourth-order valence-electron chi connectivity index (χ4n) is 5.67. The quantitative estimate of drug-likeness (QED) is 0.0836. The predicted molar refractivity (Wildman–Crippen MR) is 175 cm³/mol. The number of rotatable bonds is 12. The third-order valence-corrected chi connectivity index (χ3v) is 8.82. The Morgan fingerprint density at radius 2 is 1.57 bits per heavy atom. The fraction of sp³-hybridized carbons (Fsp3) is 0.211. The first-order valence-corrected chi connectivity index (χ1v) is 15.7. The van der Waals surface area contributed by atoms with Crippen molar-refractivity contribution in [1.29, 1.82) is 0 Å². The number of ketones is 1. The number of hydrogen-bond donors (Lipinski definition) is 0. The van der Waals surface area contributed by atoms with Gasteiger partial charge in [-0.25, -0.2) is 0 Å². The Morgan fingerprint density at radius 1 is 0.833 bits per heavy atom. The number of thiophene rings is 1. The van der Waals surface area contributed by atoms with Crippen molar-refractivity contribution >= 4 is 22.8 Å². The third-order valence-electron chi connectivity index (χ3n) is 7.89. The lowest BCUT2D eigenvalue weighted by Gasteiger charge is -2.22. The van der Waals surface area contributed by atoms with E-state index in [2.05, 4.69) is 79.0 Å². The zero-order valence-corrected chi connectivity index (χ0v) is 24.8. The number of ether oxygens (including phenoxy) is 1. The summed E-state index contributed by atoms with van der Waals surface area (Å²) in [6.07, 6.45) is 4.27. The molecule has 1 atom stereocenters. The van der Waals surface area contributed by atoms with Gasteiger partial charge in [-0.2, -0.15) is 0 Å². The summed E-state index contributed by atoms with van der Waals surface area (Å²) in [7, 11) is 0. The number of benzene rings is 4. The van der Waals surface area contributed by atoms with E-state index in [1.165, 1.54) is 33.6 Å². The van der Waals surface area contributed by atoms with Crippen molar-refractivity contribution in [3.63, 3.8) is 0 Å². The zero-order chi connectivity index (χ0) is 28.7. The van der Waals surface area contributed by atoms with Crippen molar-refractivity contribution in [2.45, 2.75) is 51.7 Å². The molecule has 0 aliphatic heterocycles. The molecule has 42 heavy (non-hydrogen) atoms. The first-order valence-electron chi connectivity index (χ1n) is 14.8. The summed E-state index contributed by atoms with van der Waals surface area (Å²) in [5, 5.41) is 2.06. The normalized spacial score (nSPS) is 12.9. The van der Waals surface area contributed by atoms with Crippen LogP contribution < -0.4 is 4.74 Å². The Hall–Kier alpha value is -4.28. The number of fused-ring (bicyclic) bond motifs is 3. The van der Waals surface area contributed by atoms with Gasteiger partial charge in [0.15, 0.2) is 0 Å². The Morgan fingerprint density at radius 3 is 2.38 bits per heavy atom. The van der Waals surface area contributed by atoms with Gasteiger partial charge >= 0.3 is 0 Å². The maximum atomic E-state index is 14.3. The van der Waals surface area contributed by atoms with Gasteiger partial charge in [-0.3, -0.25) is 9.79 Å². The Labute approximate surface area is 252 Å². The SMILES string of the molecule is CCCCCC(Oc1cccc2c1Cc1ccccc1-2)C(=NCc1ccccc1)C(=O)c1cc(-c2ccccc2)cs1. The van der Waals surface area contributed by atoms with Crippen molar-refractivity contribution in [1.82, 2.24) is 0 Å². The van der Waals surface area contributed by atoms with Gasteiger partial charge in [-0.05, 0) is 63.7 Å². The molecule has 0 spiro atoms. The highest BCUT2D eigenvalue weighted by Gasteiger charge is 2.29. The molecule has 1 aliphatic rings. The highest BCUT2D eigenvalue weighted by atomic mass is 32.1. The fourth-order valence-corrected chi connectivity index (χ4v) is 6.53. The molecule has 0 fully saturated rings. The molecule has 4 aromatic carbocycles. The average molecular weight is 570 g/mol. The zero-order valence-electron chi connectivity index (χ0n) is 24.0. The van der Waals surface area contributed by atoms with E-state index < -0.39 is 6.10 Å². The summed E-state index contributed by atoms with van der Waals surface area (Å²) in [6, 6.07) is 37.2. The summed E-state index contributed by atoms with van der Waals surface area (Å²) < 4.78 is 6.87. The van der Waals surface area contributed by atoms with E-state index in [-0.39, 0.29) is 5.78 Å². The van der Waals surface area contributed by atoms with Crippen LogP contribution in [0.25, 0.3) is 22.3 Å². The van der Waals surface area contributed by atoms with Crippen molar-refractivity contribution in [3.05, 3.63) is 136 Å². The number of Topliss-reactive ketones (excluding diaryl/α,β-unsaturated/α-hetero) is 1. The second kappa shape index (κ2) is 13.1. The average Bonchev–Trinajstić information content (AvgIpc) is 3.68. The molecule has 0 amide bonds. The Kier molecular flexibility index (Phi) is 8.72. The van der Waals surface area contributed by atoms with Gasteiger partial charge in [0, 0.05) is 12.0 Å². The predicted octanol–water partition coefficient (Wildman–Crippen LogP) is 9.84. The van der Waals surface area contributed by atoms with E-state index in [0.29, 0.717) is 17.1 Å². The summed E-state index contributed by atoms with van der Waals surface area (Å²) in [5.74, 6) is 0.803. The number of nitrogens with zero attached hydrogens (tertiary/aromatic N) is 1. The van der Waals surface area contributed by atoms with Crippen LogP contribution in [-0.2, 0) is 13.0 Å². The highest BCUT2D eigenvalue weighted by molar-refractivity contribution is 7.13. The lowest BCUT2D eigenvalue weighted by molar-refractivity contribution is 0.105. The van der Waals surface area contributed by atoms with E-state index in [1.54, 1.807) is 0 Å². The lowest BCUT2D eigenvalue weighted by Crippen LogP contribution is -2.34. The van der Waals surface area contributed by atoms with Crippen molar-refractivity contribution in [2.24, 2.45) is 4.99 Å². The second-order valence-electron chi connectivity index (χ2n) is 10.8. The number of carbonyl (C=O) groups excluding carboxylic acids is 1. The molecule has 6 rings (SSSR count). The summed E-state index contributed by atoms with van der Waals surface area (Å²) in [5.41, 5.74) is 8.71. The van der Waals surface area contributed by atoms with Crippen molar-refractivity contribution in [3.8, 4) is 28.0 Å². The number of unbranched alkanes of at least 4 members (excludes halogenated alkanes) is 2. The molecule has 0 bridgehead atoms. The molecule has 0 saturated heterocycles. The molecule has 1 heterocycles. The van der Waals surface area contributed by atoms with E-state index in [4.69, 9.17) is 9.73 Å².